The third kappa shape index (κ3) is 3.44. The van der Waals surface area contributed by atoms with E-state index in [0.717, 1.165) is 16.7 Å². The van der Waals surface area contributed by atoms with Crippen LogP contribution in [0.2, 0.25) is 0 Å². The lowest BCUT2D eigenvalue weighted by Crippen LogP contribution is -2.23. The Morgan fingerprint density at radius 2 is 1.74 bits per heavy atom. The Morgan fingerprint density at radius 3 is 2.42 bits per heavy atom. The Morgan fingerprint density at radius 1 is 1.00 bits per heavy atom. The van der Waals surface area contributed by atoms with Crippen LogP contribution in [0.1, 0.15) is 32.6 Å². The van der Waals surface area contributed by atoms with E-state index in [1.807, 2.05) is 44.2 Å². The van der Waals surface area contributed by atoms with Gasteiger partial charge in [-0.25, -0.2) is 0 Å². The molecular weight excluding hydrogens is 234 g/mol. The monoisotopic (exact) mass is 253 g/mol. The van der Waals surface area contributed by atoms with Gasteiger partial charge in [0, 0.05) is 12.1 Å². The maximum atomic E-state index is 12.1. The Bertz CT molecular complexity index is 602. The minimum absolute atomic E-state index is 0.0148. The molecule has 0 fully saturated rings. The first-order valence-electron chi connectivity index (χ1n) is 6.47. The second-order valence-electron chi connectivity index (χ2n) is 4.99. The first-order chi connectivity index (χ1) is 9.06. The van der Waals surface area contributed by atoms with Crippen LogP contribution in [0.4, 0.5) is 0 Å². The van der Waals surface area contributed by atoms with Crippen LogP contribution in [0.25, 0.3) is 0 Å². The Kier molecular flexibility index (Phi) is 4.00. The van der Waals surface area contributed by atoms with E-state index in [1.165, 1.54) is 11.1 Å². The van der Waals surface area contributed by atoms with Crippen LogP contribution in [0.3, 0.4) is 0 Å². The predicted octanol–water partition coefficient (Wildman–Crippen LogP) is 3.54. The summed E-state index contributed by atoms with van der Waals surface area (Å²) in [6, 6.07) is 14.0. The Balaban J connectivity index is 2.05. The van der Waals surface area contributed by atoms with Crippen molar-refractivity contribution in [1.29, 1.82) is 0 Å². The van der Waals surface area contributed by atoms with Gasteiger partial charge < -0.3 is 5.32 Å². The van der Waals surface area contributed by atoms with E-state index in [0.29, 0.717) is 6.54 Å². The standard InChI is InChI=1S/C17H19NO/c1-12-5-4-6-15(10-12)11-18-17(19)16-8-7-13(2)9-14(16)3/h4-10H,11H2,1-3H3,(H,18,19). The summed E-state index contributed by atoms with van der Waals surface area (Å²) < 4.78 is 0. The molecule has 0 radical (unpaired) electrons. The highest BCUT2D eigenvalue weighted by atomic mass is 16.1. The molecule has 0 saturated carbocycles. The first-order valence-corrected chi connectivity index (χ1v) is 6.47. The number of benzene rings is 2. The van der Waals surface area contributed by atoms with Crippen molar-refractivity contribution in [3.63, 3.8) is 0 Å². The second-order valence-corrected chi connectivity index (χ2v) is 4.99. The summed E-state index contributed by atoms with van der Waals surface area (Å²) in [6.07, 6.45) is 0. The number of hydrogen-bond acceptors (Lipinski definition) is 1. The molecule has 0 bridgehead atoms. The van der Waals surface area contributed by atoms with Gasteiger partial charge in [0.15, 0.2) is 0 Å². The molecule has 0 spiro atoms. The molecule has 2 aromatic carbocycles. The van der Waals surface area contributed by atoms with Crippen LogP contribution in [0, 0.1) is 20.8 Å². The highest BCUT2D eigenvalue weighted by Gasteiger charge is 2.08. The molecule has 2 aromatic rings. The number of rotatable bonds is 3. The van der Waals surface area contributed by atoms with Crippen molar-refractivity contribution in [2.75, 3.05) is 0 Å². The molecule has 2 rings (SSSR count). The fourth-order valence-electron chi connectivity index (χ4n) is 2.17. The van der Waals surface area contributed by atoms with Crippen LogP contribution in [0.5, 0.6) is 0 Å². The number of aryl methyl sites for hydroxylation is 3. The van der Waals surface area contributed by atoms with Gasteiger partial charge in [-0.15, -0.1) is 0 Å². The molecule has 0 heterocycles. The van der Waals surface area contributed by atoms with Gasteiger partial charge in [0.2, 0.25) is 0 Å². The zero-order chi connectivity index (χ0) is 13.8. The van der Waals surface area contributed by atoms with Crippen molar-refractivity contribution in [3.05, 3.63) is 70.3 Å². The number of carbonyl (C=O) groups is 1. The molecule has 0 saturated heterocycles. The summed E-state index contributed by atoms with van der Waals surface area (Å²) >= 11 is 0. The predicted molar refractivity (Wildman–Crippen MR) is 78.3 cm³/mol. The van der Waals surface area contributed by atoms with E-state index in [9.17, 15) is 4.79 Å². The number of hydrogen-bond donors (Lipinski definition) is 1. The maximum absolute atomic E-state index is 12.1. The molecule has 2 heteroatoms. The zero-order valence-electron chi connectivity index (χ0n) is 11.7. The van der Waals surface area contributed by atoms with Crippen LogP contribution in [-0.4, -0.2) is 5.91 Å². The summed E-state index contributed by atoms with van der Waals surface area (Å²) in [7, 11) is 0. The van der Waals surface area contributed by atoms with Crippen LogP contribution < -0.4 is 5.32 Å². The van der Waals surface area contributed by atoms with E-state index >= 15 is 0 Å². The highest BCUT2D eigenvalue weighted by molar-refractivity contribution is 5.95. The molecule has 19 heavy (non-hydrogen) atoms. The topological polar surface area (TPSA) is 29.1 Å². The van der Waals surface area contributed by atoms with E-state index in [1.54, 1.807) is 0 Å². The third-order valence-corrected chi connectivity index (χ3v) is 3.16. The van der Waals surface area contributed by atoms with Gasteiger partial charge in [0.05, 0.1) is 0 Å². The zero-order valence-corrected chi connectivity index (χ0v) is 11.7. The fourth-order valence-corrected chi connectivity index (χ4v) is 2.17. The average molecular weight is 253 g/mol. The molecule has 0 aliphatic carbocycles. The molecule has 0 aliphatic heterocycles. The lowest BCUT2D eigenvalue weighted by molar-refractivity contribution is 0.0950. The Labute approximate surface area is 114 Å². The summed E-state index contributed by atoms with van der Waals surface area (Å²) in [5.74, 6) is -0.0148. The van der Waals surface area contributed by atoms with Gasteiger partial charge in [0.1, 0.15) is 0 Å². The SMILES string of the molecule is Cc1cccc(CNC(=O)c2ccc(C)cc2C)c1. The van der Waals surface area contributed by atoms with Gasteiger partial charge in [0.25, 0.3) is 5.91 Å². The van der Waals surface area contributed by atoms with Crippen LogP contribution >= 0.6 is 0 Å². The minimum atomic E-state index is -0.0148. The van der Waals surface area contributed by atoms with E-state index < -0.39 is 0 Å². The third-order valence-electron chi connectivity index (χ3n) is 3.16. The van der Waals surface area contributed by atoms with Crippen molar-refractivity contribution in [2.45, 2.75) is 27.3 Å². The fraction of sp³-hybridized carbons (Fsp3) is 0.235. The lowest BCUT2D eigenvalue weighted by atomic mass is 10.1. The summed E-state index contributed by atoms with van der Waals surface area (Å²) in [6.45, 7) is 6.61. The maximum Gasteiger partial charge on any atom is 0.251 e. The molecule has 1 N–H and O–H groups in total. The molecule has 2 nitrogen and oxygen atoms in total. The van der Waals surface area contributed by atoms with Gasteiger partial charge in [-0.2, -0.15) is 0 Å². The molecule has 0 atom stereocenters. The second kappa shape index (κ2) is 5.70. The van der Waals surface area contributed by atoms with Crippen LogP contribution in [-0.2, 0) is 6.54 Å². The summed E-state index contributed by atoms with van der Waals surface area (Å²) in [5, 5.41) is 2.96. The van der Waals surface area contributed by atoms with Gasteiger partial charge in [-0.05, 0) is 38.0 Å². The minimum Gasteiger partial charge on any atom is -0.348 e. The van der Waals surface area contributed by atoms with Crippen molar-refractivity contribution >= 4 is 5.91 Å². The van der Waals surface area contributed by atoms with Crippen molar-refractivity contribution in [1.82, 2.24) is 5.32 Å². The van der Waals surface area contributed by atoms with Crippen molar-refractivity contribution < 1.29 is 4.79 Å². The van der Waals surface area contributed by atoms with Gasteiger partial charge in [-0.1, -0.05) is 47.5 Å². The Hall–Kier alpha value is -2.09. The normalized spacial score (nSPS) is 10.3. The summed E-state index contributed by atoms with van der Waals surface area (Å²) in [5.41, 5.74) is 5.27. The van der Waals surface area contributed by atoms with Crippen molar-refractivity contribution in [2.24, 2.45) is 0 Å². The van der Waals surface area contributed by atoms with Crippen molar-refractivity contribution in [3.8, 4) is 0 Å². The van der Waals surface area contributed by atoms with Gasteiger partial charge >= 0.3 is 0 Å². The largest absolute Gasteiger partial charge is 0.348 e. The molecule has 1 amide bonds. The number of carbonyl (C=O) groups excluding carboxylic acids is 1. The van der Waals surface area contributed by atoms with E-state index in [4.69, 9.17) is 0 Å². The molecule has 0 unspecified atom stereocenters. The van der Waals surface area contributed by atoms with Crippen LogP contribution in [0.15, 0.2) is 42.5 Å². The lowest BCUT2D eigenvalue weighted by Gasteiger charge is -2.09. The molecule has 98 valence electrons. The smallest absolute Gasteiger partial charge is 0.251 e. The van der Waals surface area contributed by atoms with Gasteiger partial charge in [-0.3, -0.25) is 4.79 Å². The summed E-state index contributed by atoms with van der Waals surface area (Å²) in [4.78, 5) is 12.1. The molecular formula is C17H19NO. The number of nitrogens with one attached hydrogen (secondary N) is 1. The number of amides is 1. The average Bonchev–Trinajstić information content (AvgIpc) is 2.36. The molecule has 0 aromatic heterocycles. The van der Waals surface area contributed by atoms with E-state index in [2.05, 4.69) is 24.4 Å². The molecule has 0 aliphatic rings. The highest BCUT2D eigenvalue weighted by Crippen LogP contribution is 2.11. The first kappa shape index (κ1) is 13.3. The van der Waals surface area contributed by atoms with E-state index in [-0.39, 0.29) is 5.91 Å². The quantitative estimate of drug-likeness (QED) is 0.890.